The Hall–Kier alpha value is -3.33. The summed E-state index contributed by atoms with van der Waals surface area (Å²) in [7, 11) is -4.46. The van der Waals surface area contributed by atoms with E-state index in [4.69, 9.17) is 0 Å². The molecule has 0 unspecified atom stereocenters. The second-order valence-electron chi connectivity index (χ2n) is 6.30. The van der Waals surface area contributed by atoms with Gasteiger partial charge < -0.3 is 0 Å². The maximum atomic E-state index is 13.2. The molecule has 148 valence electrons. The molecular formula is C20H14F3N3O2S. The number of sulfonamides is 1. The summed E-state index contributed by atoms with van der Waals surface area (Å²) in [4.78, 5) is -0.830. The molecule has 4 aromatic rings. The topological polar surface area (TPSA) is 74.8 Å². The van der Waals surface area contributed by atoms with E-state index < -0.39 is 26.7 Å². The lowest BCUT2D eigenvalue weighted by Gasteiger charge is -2.14. The van der Waals surface area contributed by atoms with E-state index in [0.717, 1.165) is 23.8 Å². The predicted octanol–water partition coefficient (Wildman–Crippen LogP) is 5.05. The third-order valence-electron chi connectivity index (χ3n) is 4.34. The first kappa shape index (κ1) is 19.0. The molecule has 0 aliphatic rings. The first-order chi connectivity index (χ1) is 13.8. The third-order valence-corrected chi connectivity index (χ3v) is 5.78. The number of H-pyrrole nitrogens is 1. The number of hydrogen-bond acceptors (Lipinski definition) is 3. The summed E-state index contributed by atoms with van der Waals surface area (Å²) in [6, 6.07) is 17.9. The van der Waals surface area contributed by atoms with Gasteiger partial charge >= 0.3 is 6.18 Å². The molecule has 0 bridgehead atoms. The number of fused-ring (bicyclic) bond motifs is 1. The molecule has 0 atom stereocenters. The summed E-state index contributed by atoms with van der Waals surface area (Å²) in [6.45, 7) is 0. The van der Waals surface area contributed by atoms with Crippen molar-refractivity contribution in [3.8, 4) is 11.3 Å². The number of aromatic nitrogens is 2. The van der Waals surface area contributed by atoms with E-state index in [-0.39, 0.29) is 5.69 Å². The van der Waals surface area contributed by atoms with Crippen molar-refractivity contribution >= 4 is 26.6 Å². The molecule has 0 amide bonds. The van der Waals surface area contributed by atoms with Gasteiger partial charge in [-0.15, -0.1) is 0 Å². The molecule has 0 aliphatic heterocycles. The molecule has 1 heterocycles. The molecule has 0 saturated heterocycles. The Morgan fingerprint density at radius 1 is 0.897 bits per heavy atom. The lowest BCUT2D eigenvalue weighted by atomic mass is 10.1. The van der Waals surface area contributed by atoms with E-state index in [1.165, 1.54) is 18.2 Å². The van der Waals surface area contributed by atoms with Crippen LogP contribution in [-0.4, -0.2) is 18.6 Å². The Labute approximate surface area is 164 Å². The van der Waals surface area contributed by atoms with Crippen LogP contribution >= 0.6 is 0 Å². The van der Waals surface area contributed by atoms with Crippen molar-refractivity contribution in [1.82, 2.24) is 10.2 Å². The number of halogens is 3. The van der Waals surface area contributed by atoms with Gasteiger partial charge in [-0.25, -0.2) is 8.42 Å². The van der Waals surface area contributed by atoms with Crippen molar-refractivity contribution in [3.63, 3.8) is 0 Å². The Balaban J connectivity index is 1.75. The van der Waals surface area contributed by atoms with Crippen LogP contribution in [0.5, 0.6) is 0 Å². The molecule has 3 aromatic carbocycles. The van der Waals surface area contributed by atoms with Crippen LogP contribution in [0.25, 0.3) is 22.2 Å². The average Bonchev–Trinajstić information content (AvgIpc) is 3.11. The predicted molar refractivity (Wildman–Crippen MR) is 104 cm³/mol. The van der Waals surface area contributed by atoms with Crippen molar-refractivity contribution in [2.75, 3.05) is 4.72 Å². The number of benzene rings is 3. The zero-order valence-electron chi connectivity index (χ0n) is 14.7. The SMILES string of the molecule is O=S(=O)(Nc1ccc2[nH]nc(-c3ccccc3)c2c1)c1ccccc1C(F)(F)F. The highest BCUT2D eigenvalue weighted by Gasteiger charge is 2.36. The van der Waals surface area contributed by atoms with Crippen LogP contribution in [-0.2, 0) is 16.2 Å². The summed E-state index contributed by atoms with van der Waals surface area (Å²) < 4.78 is 67.2. The van der Waals surface area contributed by atoms with Crippen molar-refractivity contribution in [1.29, 1.82) is 0 Å². The summed E-state index contributed by atoms with van der Waals surface area (Å²) >= 11 is 0. The van der Waals surface area contributed by atoms with Gasteiger partial charge in [0.15, 0.2) is 0 Å². The highest BCUT2D eigenvalue weighted by atomic mass is 32.2. The average molecular weight is 417 g/mol. The van der Waals surface area contributed by atoms with E-state index in [1.54, 1.807) is 6.07 Å². The van der Waals surface area contributed by atoms with E-state index in [1.807, 2.05) is 30.3 Å². The van der Waals surface area contributed by atoms with Gasteiger partial charge in [0.2, 0.25) is 0 Å². The van der Waals surface area contributed by atoms with Crippen LogP contribution in [0.3, 0.4) is 0 Å². The smallest absolute Gasteiger partial charge is 0.280 e. The number of rotatable bonds is 4. The van der Waals surface area contributed by atoms with Crippen molar-refractivity contribution in [3.05, 3.63) is 78.4 Å². The number of aromatic amines is 1. The summed E-state index contributed by atoms with van der Waals surface area (Å²) in [6.07, 6.45) is -4.79. The standard InChI is InChI=1S/C20H14F3N3O2S/c21-20(22,23)16-8-4-5-9-18(16)29(27,28)26-14-10-11-17-15(12-14)19(25-24-17)13-6-2-1-3-7-13/h1-12,26H,(H,24,25). The molecule has 0 saturated carbocycles. The Morgan fingerprint density at radius 2 is 1.59 bits per heavy atom. The molecule has 29 heavy (non-hydrogen) atoms. The van der Waals surface area contributed by atoms with Gasteiger partial charge in [-0.1, -0.05) is 42.5 Å². The highest BCUT2D eigenvalue weighted by Crippen LogP contribution is 2.35. The summed E-state index contributed by atoms with van der Waals surface area (Å²) in [5.74, 6) is 0. The number of nitrogens with zero attached hydrogens (tertiary/aromatic N) is 1. The van der Waals surface area contributed by atoms with Gasteiger partial charge in [0.1, 0.15) is 0 Å². The molecule has 9 heteroatoms. The van der Waals surface area contributed by atoms with Crippen molar-refractivity contribution in [2.24, 2.45) is 0 Å². The molecule has 0 aliphatic carbocycles. The minimum absolute atomic E-state index is 0.132. The Bertz CT molecular complexity index is 1280. The normalized spacial score (nSPS) is 12.2. The monoisotopic (exact) mass is 417 g/mol. The second-order valence-corrected chi connectivity index (χ2v) is 7.95. The molecule has 5 nitrogen and oxygen atoms in total. The quantitative estimate of drug-likeness (QED) is 0.488. The van der Waals surface area contributed by atoms with Gasteiger partial charge in [-0.2, -0.15) is 18.3 Å². The maximum absolute atomic E-state index is 13.2. The Morgan fingerprint density at radius 3 is 2.31 bits per heavy atom. The summed E-state index contributed by atoms with van der Waals surface area (Å²) in [5.41, 5.74) is 1.01. The molecule has 0 spiro atoms. The van der Waals surface area contributed by atoms with Crippen LogP contribution in [0.1, 0.15) is 5.56 Å². The largest absolute Gasteiger partial charge is 0.417 e. The van der Waals surface area contributed by atoms with Crippen LogP contribution < -0.4 is 4.72 Å². The van der Waals surface area contributed by atoms with Crippen molar-refractivity contribution < 1.29 is 21.6 Å². The number of hydrogen-bond donors (Lipinski definition) is 2. The molecular weight excluding hydrogens is 403 g/mol. The van der Waals surface area contributed by atoms with E-state index in [0.29, 0.717) is 16.6 Å². The Kier molecular flexibility index (Phi) is 4.54. The highest BCUT2D eigenvalue weighted by molar-refractivity contribution is 7.92. The molecule has 0 fully saturated rings. The van der Waals surface area contributed by atoms with E-state index in [2.05, 4.69) is 14.9 Å². The number of anilines is 1. The van der Waals surface area contributed by atoms with E-state index >= 15 is 0 Å². The van der Waals surface area contributed by atoms with E-state index in [9.17, 15) is 21.6 Å². The fraction of sp³-hybridized carbons (Fsp3) is 0.0500. The molecule has 4 rings (SSSR count). The fourth-order valence-electron chi connectivity index (χ4n) is 3.04. The van der Waals surface area contributed by atoms with Crippen LogP contribution in [0.15, 0.2) is 77.7 Å². The minimum atomic E-state index is -4.79. The van der Waals surface area contributed by atoms with Gasteiger partial charge in [0, 0.05) is 16.6 Å². The van der Waals surface area contributed by atoms with Gasteiger partial charge in [0.05, 0.1) is 21.7 Å². The van der Waals surface area contributed by atoms with Crippen LogP contribution in [0.4, 0.5) is 18.9 Å². The van der Waals surface area contributed by atoms with Gasteiger partial charge in [-0.05, 0) is 30.3 Å². The fourth-order valence-corrected chi connectivity index (χ4v) is 4.32. The van der Waals surface area contributed by atoms with Gasteiger partial charge in [0.25, 0.3) is 10.0 Å². The maximum Gasteiger partial charge on any atom is 0.417 e. The van der Waals surface area contributed by atoms with Crippen LogP contribution in [0, 0.1) is 0 Å². The summed E-state index contributed by atoms with van der Waals surface area (Å²) in [5, 5.41) is 7.76. The minimum Gasteiger partial charge on any atom is -0.280 e. The molecule has 2 N–H and O–H groups in total. The first-order valence-electron chi connectivity index (χ1n) is 8.48. The zero-order chi connectivity index (χ0) is 20.6. The lowest BCUT2D eigenvalue weighted by molar-refractivity contribution is -0.139. The van der Waals surface area contributed by atoms with Gasteiger partial charge in [-0.3, -0.25) is 9.82 Å². The third kappa shape index (κ3) is 3.68. The van der Waals surface area contributed by atoms with Crippen molar-refractivity contribution in [2.45, 2.75) is 11.1 Å². The molecule has 1 aromatic heterocycles. The lowest BCUT2D eigenvalue weighted by Crippen LogP contribution is -2.18. The second kappa shape index (κ2) is 6.93. The molecule has 0 radical (unpaired) electrons. The number of nitrogens with one attached hydrogen (secondary N) is 2. The zero-order valence-corrected chi connectivity index (χ0v) is 15.6. The number of alkyl halides is 3. The first-order valence-corrected chi connectivity index (χ1v) is 9.96. The van der Waals surface area contributed by atoms with Crippen LogP contribution in [0.2, 0.25) is 0 Å².